The van der Waals surface area contributed by atoms with E-state index in [1.54, 1.807) is 32.9 Å². The molecule has 8 heteroatoms. The van der Waals surface area contributed by atoms with Crippen LogP contribution in [0.2, 0.25) is 0 Å². The summed E-state index contributed by atoms with van der Waals surface area (Å²) in [6, 6.07) is 6.11. The van der Waals surface area contributed by atoms with Crippen LogP contribution in [0.5, 0.6) is 0 Å². The van der Waals surface area contributed by atoms with E-state index in [1.165, 1.54) is 7.11 Å². The Morgan fingerprint density at radius 3 is 1.96 bits per heavy atom. The largest absolute Gasteiger partial charge is 0.494 e. The topological polar surface area (TPSA) is 83.1 Å². The van der Waals surface area contributed by atoms with E-state index in [0.29, 0.717) is 5.56 Å². The summed E-state index contributed by atoms with van der Waals surface area (Å²) < 4.78 is 22.1. The second-order valence-electron chi connectivity index (χ2n) is 8.86. The lowest BCUT2D eigenvalue weighted by atomic mass is 9.78. The van der Waals surface area contributed by atoms with Gasteiger partial charge in [-0.1, -0.05) is 24.3 Å². The van der Waals surface area contributed by atoms with Crippen molar-refractivity contribution in [1.29, 1.82) is 0 Å². The summed E-state index contributed by atoms with van der Waals surface area (Å²) >= 11 is 0. The Labute approximate surface area is 167 Å². The monoisotopic (exact) mass is 391 g/mol. The molecule has 2 rings (SSSR count). The summed E-state index contributed by atoms with van der Waals surface area (Å²) in [7, 11) is 0.764. The first-order chi connectivity index (χ1) is 12.8. The van der Waals surface area contributed by atoms with Crippen LogP contribution in [0, 0.1) is 0 Å². The number of hydrogen-bond acceptors (Lipinski definition) is 6. The van der Waals surface area contributed by atoms with Crippen molar-refractivity contribution in [3.8, 4) is 0 Å². The molecule has 0 radical (unpaired) electrons. The van der Waals surface area contributed by atoms with Crippen molar-refractivity contribution in [2.75, 3.05) is 7.11 Å². The molecule has 1 aliphatic heterocycles. The average molecular weight is 391 g/mol. The first kappa shape index (κ1) is 22.2. The maximum atomic E-state index is 12.2. The quantitative estimate of drug-likeness (QED) is 0.628. The van der Waals surface area contributed by atoms with Crippen molar-refractivity contribution in [3.05, 3.63) is 29.8 Å². The number of esters is 1. The standard InChI is InChI=1S/C20H30BNO6/c1-18(2,3)26-17(24)22-15(16(23)25-8)13-9-11-14(12-10-13)21-27-19(4,5)20(6,7)28-21/h9-12,15H,1-8H3,(H,22,24). The van der Waals surface area contributed by atoms with Crippen LogP contribution in [0.4, 0.5) is 4.79 Å². The molecule has 1 fully saturated rings. The van der Waals surface area contributed by atoms with Crippen LogP contribution >= 0.6 is 0 Å². The summed E-state index contributed by atoms with van der Waals surface area (Å²) in [5.41, 5.74) is -0.168. The van der Waals surface area contributed by atoms with Gasteiger partial charge in [-0.25, -0.2) is 9.59 Å². The second-order valence-corrected chi connectivity index (χ2v) is 8.86. The Kier molecular flexibility index (Phi) is 6.16. The van der Waals surface area contributed by atoms with Gasteiger partial charge in [0.2, 0.25) is 0 Å². The lowest BCUT2D eigenvalue weighted by Gasteiger charge is -2.32. The summed E-state index contributed by atoms with van der Waals surface area (Å²) in [6.45, 7) is 13.2. The molecule has 154 valence electrons. The molecule has 0 saturated carbocycles. The van der Waals surface area contributed by atoms with Crippen LogP contribution in [-0.4, -0.2) is 43.1 Å². The minimum atomic E-state index is -0.979. The third-order valence-electron chi connectivity index (χ3n) is 4.89. The molecule has 1 heterocycles. The number of hydrogen-bond donors (Lipinski definition) is 1. The molecular formula is C20H30BNO6. The minimum Gasteiger partial charge on any atom is -0.467 e. The van der Waals surface area contributed by atoms with E-state index in [4.69, 9.17) is 18.8 Å². The molecule has 1 saturated heterocycles. The lowest BCUT2D eigenvalue weighted by Crippen LogP contribution is -2.41. The van der Waals surface area contributed by atoms with E-state index in [-0.39, 0.29) is 0 Å². The van der Waals surface area contributed by atoms with Crippen molar-refractivity contribution < 1.29 is 28.4 Å². The van der Waals surface area contributed by atoms with Gasteiger partial charge in [-0.2, -0.15) is 0 Å². The third kappa shape index (κ3) is 5.05. The number of alkyl carbamates (subject to hydrolysis) is 1. The van der Waals surface area contributed by atoms with Gasteiger partial charge in [-0.15, -0.1) is 0 Å². The van der Waals surface area contributed by atoms with E-state index in [0.717, 1.165) is 5.46 Å². The Bertz CT molecular complexity index is 707. The highest BCUT2D eigenvalue weighted by atomic mass is 16.7. The van der Waals surface area contributed by atoms with Crippen molar-refractivity contribution in [3.63, 3.8) is 0 Å². The first-order valence-corrected chi connectivity index (χ1v) is 9.28. The van der Waals surface area contributed by atoms with Gasteiger partial charge in [0.15, 0.2) is 6.04 Å². The van der Waals surface area contributed by atoms with E-state index in [2.05, 4.69) is 5.32 Å². The number of ether oxygens (including phenoxy) is 2. The maximum absolute atomic E-state index is 12.2. The van der Waals surface area contributed by atoms with Gasteiger partial charge in [0.25, 0.3) is 0 Å². The summed E-state index contributed by atoms with van der Waals surface area (Å²) in [5, 5.41) is 2.56. The van der Waals surface area contributed by atoms with Crippen LogP contribution in [0.25, 0.3) is 0 Å². The molecule has 1 aliphatic rings. The van der Waals surface area contributed by atoms with Crippen LogP contribution in [0.15, 0.2) is 24.3 Å². The SMILES string of the molecule is COC(=O)C(NC(=O)OC(C)(C)C)c1ccc(B2OC(C)(C)C(C)(C)O2)cc1. The molecule has 1 N–H and O–H groups in total. The highest BCUT2D eigenvalue weighted by Gasteiger charge is 2.51. The molecule has 0 spiro atoms. The average Bonchev–Trinajstić information content (AvgIpc) is 2.78. The summed E-state index contributed by atoms with van der Waals surface area (Å²) in [4.78, 5) is 24.3. The predicted octanol–water partition coefficient (Wildman–Crippen LogP) is 2.72. The van der Waals surface area contributed by atoms with Crippen LogP contribution in [0.3, 0.4) is 0 Å². The molecule has 1 aromatic carbocycles. The zero-order valence-corrected chi connectivity index (χ0v) is 17.9. The molecule has 1 atom stereocenters. The number of rotatable bonds is 4. The van der Waals surface area contributed by atoms with Crippen molar-refractivity contribution in [2.24, 2.45) is 0 Å². The van der Waals surface area contributed by atoms with E-state index < -0.39 is 42.0 Å². The number of nitrogens with one attached hydrogen (secondary N) is 1. The van der Waals surface area contributed by atoms with Crippen LogP contribution in [-0.2, 0) is 23.6 Å². The number of amides is 1. The van der Waals surface area contributed by atoms with Gasteiger partial charge in [0.1, 0.15) is 5.60 Å². The van der Waals surface area contributed by atoms with E-state index >= 15 is 0 Å². The number of methoxy groups -OCH3 is 1. The van der Waals surface area contributed by atoms with Gasteiger partial charge in [0, 0.05) is 0 Å². The molecule has 1 unspecified atom stereocenters. The molecule has 0 bridgehead atoms. The number of carbonyl (C=O) groups excluding carboxylic acids is 2. The van der Waals surface area contributed by atoms with Crippen LogP contribution in [0.1, 0.15) is 60.1 Å². The number of benzene rings is 1. The molecule has 0 aliphatic carbocycles. The van der Waals surface area contributed by atoms with Gasteiger partial charge in [-0.3, -0.25) is 0 Å². The fraction of sp³-hybridized carbons (Fsp3) is 0.600. The third-order valence-corrected chi connectivity index (χ3v) is 4.89. The first-order valence-electron chi connectivity index (χ1n) is 9.28. The van der Waals surface area contributed by atoms with Crippen molar-refractivity contribution in [2.45, 2.75) is 71.3 Å². The van der Waals surface area contributed by atoms with Gasteiger partial charge in [-0.05, 0) is 59.5 Å². The second kappa shape index (κ2) is 7.76. The van der Waals surface area contributed by atoms with Gasteiger partial charge >= 0.3 is 19.2 Å². The molecule has 7 nitrogen and oxygen atoms in total. The molecule has 0 aromatic heterocycles. The molecular weight excluding hydrogens is 361 g/mol. The number of carbonyl (C=O) groups is 2. The summed E-state index contributed by atoms with van der Waals surface area (Å²) in [5.74, 6) is -0.589. The van der Waals surface area contributed by atoms with Gasteiger partial charge in [0.05, 0.1) is 18.3 Å². The Balaban J connectivity index is 2.18. The highest BCUT2D eigenvalue weighted by molar-refractivity contribution is 6.62. The van der Waals surface area contributed by atoms with Crippen molar-refractivity contribution >= 4 is 24.6 Å². The molecule has 1 amide bonds. The van der Waals surface area contributed by atoms with E-state index in [9.17, 15) is 9.59 Å². The maximum Gasteiger partial charge on any atom is 0.494 e. The molecule has 1 aromatic rings. The van der Waals surface area contributed by atoms with Crippen molar-refractivity contribution in [1.82, 2.24) is 5.32 Å². The predicted molar refractivity (Wildman–Crippen MR) is 106 cm³/mol. The Hall–Kier alpha value is -2.06. The smallest absolute Gasteiger partial charge is 0.467 e. The fourth-order valence-electron chi connectivity index (χ4n) is 2.65. The zero-order chi connectivity index (χ0) is 21.3. The van der Waals surface area contributed by atoms with E-state index in [1.807, 2.05) is 39.8 Å². The normalized spacial score (nSPS) is 19.1. The Morgan fingerprint density at radius 2 is 1.54 bits per heavy atom. The fourth-order valence-corrected chi connectivity index (χ4v) is 2.65. The molecule has 28 heavy (non-hydrogen) atoms. The van der Waals surface area contributed by atoms with Gasteiger partial charge < -0.3 is 24.1 Å². The Morgan fingerprint density at radius 1 is 1.04 bits per heavy atom. The summed E-state index contributed by atoms with van der Waals surface area (Å²) in [6.07, 6.45) is -0.696. The van der Waals surface area contributed by atoms with Crippen LogP contribution < -0.4 is 10.8 Å². The zero-order valence-electron chi connectivity index (χ0n) is 17.9. The minimum absolute atomic E-state index is 0.441. The lowest BCUT2D eigenvalue weighted by molar-refractivity contribution is -0.143. The highest BCUT2D eigenvalue weighted by Crippen LogP contribution is 2.36.